The third-order valence-electron chi connectivity index (χ3n) is 5.60. The van der Waals surface area contributed by atoms with Crippen LogP contribution in [0.15, 0.2) is 29.2 Å². The average Bonchev–Trinajstić information content (AvgIpc) is 3.19. The minimum absolute atomic E-state index is 0.132. The Morgan fingerprint density at radius 3 is 2.48 bits per heavy atom. The minimum Gasteiger partial charge on any atom is -0.460 e. The summed E-state index contributed by atoms with van der Waals surface area (Å²) in [5.41, 5.74) is 0.632. The first-order valence-electron chi connectivity index (χ1n) is 8.10. The zero-order valence-electron chi connectivity index (χ0n) is 13.4. The fourth-order valence-corrected chi connectivity index (χ4v) is 5.65. The molecule has 2 heterocycles. The topological polar surface area (TPSA) is 63.7 Å². The fourth-order valence-electron chi connectivity index (χ4n) is 4.10. The smallest absolute Gasteiger partial charge is 0.310 e. The standard InChI is InChI=1S/C17H21NO4S/c1-11-3-7-13(8-4-11)23(20,21)18-9-14-17(2,10-18)15(12-5-6-12)16(19)22-14/h3-4,7-8,12,14-15H,5-6,9-10H2,1-2H3. The van der Waals surface area contributed by atoms with Crippen LogP contribution in [0.4, 0.5) is 0 Å². The molecule has 3 unspecified atom stereocenters. The summed E-state index contributed by atoms with van der Waals surface area (Å²) in [5, 5.41) is 0. The van der Waals surface area contributed by atoms with Crippen molar-refractivity contribution in [2.24, 2.45) is 17.3 Å². The highest BCUT2D eigenvalue weighted by Crippen LogP contribution is 2.55. The number of esters is 1. The van der Waals surface area contributed by atoms with E-state index in [1.807, 2.05) is 13.8 Å². The number of fused-ring (bicyclic) bond motifs is 1. The first-order valence-corrected chi connectivity index (χ1v) is 9.54. The number of nitrogens with zero attached hydrogens (tertiary/aromatic N) is 1. The van der Waals surface area contributed by atoms with Crippen molar-refractivity contribution in [3.8, 4) is 0 Å². The van der Waals surface area contributed by atoms with Crippen LogP contribution in [0, 0.1) is 24.2 Å². The summed E-state index contributed by atoms with van der Waals surface area (Å²) in [5.74, 6) is 0.0950. The summed E-state index contributed by atoms with van der Waals surface area (Å²) in [6, 6.07) is 6.90. The summed E-state index contributed by atoms with van der Waals surface area (Å²) >= 11 is 0. The SMILES string of the molecule is Cc1ccc(S(=O)(=O)N2CC3OC(=O)C(C4CC4)C3(C)C2)cc1. The molecule has 23 heavy (non-hydrogen) atoms. The normalized spacial score (nSPS) is 34.4. The summed E-state index contributed by atoms with van der Waals surface area (Å²) in [6.07, 6.45) is 1.78. The van der Waals surface area contributed by atoms with Gasteiger partial charge in [0, 0.05) is 12.0 Å². The van der Waals surface area contributed by atoms with Crippen molar-refractivity contribution in [2.75, 3.05) is 13.1 Å². The number of rotatable bonds is 3. The number of aryl methyl sites for hydroxylation is 1. The number of carbonyl (C=O) groups excluding carboxylic acids is 1. The molecular weight excluding hydrogens is 314 g/mol. The maximum absolute atomic E-state index is 12.9. The molecule has 1 aromatic rings. The van der Waals surface area contributed by atoms with Crippen LogP contribution in [-0.2, 0) is 19.6 Å². The van der Waals surface area contributed by atoms with Gasteiger partial charge in [0.25, 0.3) is 0 Å². The van der Waals surface area contributed by atoms with Gasteiger partial charge in [-0.1, -0.05) is 24.6 Å². The van der Waals surface area contributed by atoms with Gasteiger partial charge < -0.3 is 4.74 Å². The maximum atomic E-state index is 12.9. The number of benzene rings is 1. The molecule has 1 saturated carbocycles. The Kier molecular flexibility index (Phi) is 3.16. The zero-order chi connectivity index (χ0) is 16.4. The number of carbonyl (C=O) groups is 1. The first-order chi connectivity index (χ1) is 10.8. The average molecular weight is 335 g/mol. The molecule has 1 aromatic carbocycles. The van der Waals surface area contributed by atoms with E-state index in [-0.39, 0.29) is 24.5 Å². The van der Waals surface area contributed by atoms with Gasteiger partial charge in [0.15, 0.2) is 0 Å². The molecular formula is C17H21NO4S. The molecule has 2 saturated heterocycles. The molecule has 1 aliphatic carbocycles. The molecule has 2 aliphatic heterocycles. The van der Waals surface area contributed by atoms with Crippen molar-refractivity contribution >= 4 is 16.0 Å². The maximum Gasteiger partial charge on any atom is 0.310 e. The van der Waals surface area contributed by atoms with E-state index in [2.05, 4.69) is 0 Å². The number of ether oxygens (including phenoxy) is 1. The van der Waals surface area contributed by atoms with Crippen LogP contribution in [0.25, 0.3) is 0 Å². The lowest BCUT2D eigenvalue weighted by molar-refractivity contribution is -0.144. The Hall–Kier alpha value is -1.40. The van der Waals surface area contributed by atoms with E-state index in [0.29, 0.717) is 17.4 Å². The van der Waals surface area contributed by atoms with Gasteiger partial charge >= 0.3 is 5.97 Å². The molecule has 3 aliphatic rings. The second-order valence-electron chi connectivity index (χ2n) is 7.36. The fraction of sp³-hybridized carbons (Fsp3) is 0.588. The Morgan fingerprint density at radius 1 is 1.22 bits per heavy atom. The molecule has 0 aromatic heterocycles. The van der Waals surface area contributed by atoms with Gasteiger partial charge in [-0.15, -0.1) is 0 Å². The third-order valence-corrected chi connectivity index (χ3v) is 7.42. The van der Waals surface area contributed by atoms with Crippen LogP contribution < -0.4 is 0 Å². The predicted molar refractivity (Wildman–Crippen MR) is 84.1 cm³/mol. The predicted octanol–water partition coefficient (Wildman–Crippen LogP) is 1.96. The van der Waals surface area contributed by atoms with Gasteiger partial charge in [0.1, 0.15) is 6.10 Å². The van der Waals surface area contributed by atoms with E-state index >= 15 is 0 Å². The molecule has 0 amide bonds. The Balaban J connectivity index is 1.63. The van der Waals surface area contributed by atoms with Crippen molar-refractivity contribution < 1.29 is 17.9 Å². The van der Waals surface area contributed by atoms with E-state index in [0.717, 1.165) is 18.4 Å². The van der Waals surface area contributed by atoms with Gasteiger partial charge in [-0.2, -0.15) is 4.31 Å². The van der Waals surface area contributed by atoms with Crippen molar-refractivity contribution in [1.29, 1.82) is 0 Å². The Morgan fingerprint density at radius 2 is 1.87 bits per heavy atom. The first kappa shape index (κ1) is 15.1. The largest absolute Gasteiger partial charge is 0.460 e. The van der Waals surface area contributed by atoms with E-state index in [1.54, 1.807) is 24.3 Å². The van der Waals surface area contributed by atoms with Gasteiger partial charge in [0.05, 0.1) is 17.4 Å². The summed E-state index contributed by atoms with van der Waals surface area (Å²) in [6.45, 7) is 4.57. The molecule has 124 valence electrons. The van der Waals surface area contributed by atoms with Crippen LogP contribution in [0.1, 0.15) is 25.3 Å². The van der Waals surface area contributed by atoms with E-state index in [9.17, 15) is 13.2 Å². The second kappa shape index (κ2) is 4.80. The highest BCUT2D eigenvalue weighted by atomic mass is 32.2. The summed E-state index contributed by atoms with van der Waals surface area (Å²) < 4.78 is 32.8. The summed E-state index contributed by atoms with van der Waals surface area (Å²) in [7, 11) is -3.54. The summed E-state index contributed by atoms with van der Waals surface area (Å²) in [4.78, 5) is 12.5. The van der Waals surface area contributed by atoms with Crippen molar-refractivity contribution in [3.63, 3.8) is 0 Å². The van der Waals surface area contributed by atoms with E-state index < -0.39 is 15.4 Å². The lowest BCUT2D eigenvalue weighted by atomic mass is 9.74. The molecule has 3 atom stereocenters. The van der Waals surface area contributed by atoms with Crippen LogP contribution in [0.2, 0.25) is 0 Å². The lowest BCUT2D eigenvalue weighted by Gasteiger charge is -2.27. The zero-order valence-corrected chi connectivity index (χ0v) is 14.2. The quantitative estimate of drug-likeness (QED) is 0.792. The van der Waals surface area contributed by atoms with Crippen LogP contribution in [0.5, 0.6) is 0 Å². The van der Waals surface area contributed by atoms with Gasteiger partial charge in [-0.25, -0.2) is 8.42 Å². The molecule has 3 fully saturated rings. The molecule has 5 nitrogen and oxygen atoms in total. The van der Waals surface area contributed by atoms with E-state index in [1.165, 1.54) is 4.31 Å². The number of hydrogen-bond donors (Lipinski definition) is 0. The number of hydrogen-bond acceptors (Lipinski definition) is 4. The molecule has 6 heteroatoms. The van der Waals surface area contributed by atoms with Crippen LogP contribution in [-0.4, -0.2) is 37.9 Å². The Bertz CT molecular complexity index is 753. The minimum atomic E-state index is -3.54. The molecule has 0 bridgehead atoms. The third kappa shape index (κ3) is 2.22. The van der Waals surface area contributed by atoms with Crippen molar-refractivity contribution in [3.05, 3.63) is 29.8 Å². The second-order valence-corrected chi connectivity index (χ2v) is 9.29. The van der Waals surface area contributed by atoms with Gasteiger partial charge in [-0.05, 0) is 37.8 Å². The Labute approximate surface area is 136 Å². The molecule has 0 spiro atoms. The highest BCUT2D eigenvalue weighted by molar-refractivity contribution is 7.89. The van der Waals surface area contributed by atoms with Crippen LogP contribution in [0.3, 0.4) is 0 Å². The van der Waals surface area contributed by atoms with Crippen LogP contribution >= 0.6 is 0 Å². The highest BCUT2D eigenvalue weighted by Gasteiger charge is 2.63. The van der Waals surface area contributed by atoms with E-state index in [4.69, 9.17) is 4.74 Å². The molecule has 4 rings (SSSR count). The lowest BCUT2D eigenvalue weighted by Crippen LogP contribution is -2.37. The molecule has 0 N–H and O–H groups in total. The van der Waals surface area contributed by atoms with Crippen molar-refractivity contribution in [1.82, 2.24) is 4.31 Å². The number of sulfonamides is 1. The molecule has 0 radical (unpaired) electrons. The van der Waals surface area contributed by atoms with Gasteiger partial charge in [0.2, 0.25) is 10.0 Å². The van der Waals surface area contributed by atoms with Crippen molar-refractivity contribution in [2.45, 2.75) is 37.7 Å². The monoisotopic (exact) mass is 335 g/mol. The van der Waals surface area contributed by atoms with Gasteiger partial charge in [-0.3, -0.25) is 4.79 Å².